The number of phenolic OH excluding ortho intramolecular Hbond substituents is 1. The topological polar surface area (TPSA) is 75.6 Å². The summed E-state index contributed by atoms with van der Waals surface area (Å²) in [6.45, 7) is 0. The van der Waals surface area contributed by atoms with Crippen LogP contribution in [-0.4, -0.2) is 30.1 Å². The third-order valence-electron chi connectivity index (χ3n) is 6.49. The molecule has 1 unspecified atom stereocenters. The highest BCUT2D eigenvalue weighted by Crippen LogP contribution is 2.37. The SMILES string of the molecule is COC(=O)C(Cc1ccc(-c2ccccc2C(F)(F)F)cc1)NC(=O)c1cc(-c2cccc(C(F)(F)F)c2)ccc1O. The van der Waals surface area contributed by atoms with Crippen LogP contribution in [0, 0.1) is 0 Å². The zero-order valence-corrected chi connectivity index (χ0v) is 21.9. The van der Waals surface area contributed by atoms with Crippen LogP contribution in [0.25, 0.3) is 22.3 Å². The molecule has 1 amide bonds. The molecular weight excluding hydrogens is 564 g/mol. The number of esters is 1. The number of ether oxygens (including phenoxy) is 1. The number of hydrogen-bond acceptors (Lipinski definition) is 4. The maximum atomic E-state index is 13.4. The van der Waals surface area contributed by atoms with Gasteiger partial charge in [-0.25, -0.2) is 4.79 Å². The zero-order chi connectivity index (χ0) is 30.7. The third kappa shape index (κ3) is 6.91. The number of rotatable bonds is 7. The number of benzene rings is 4. The fourth-order valence-electron chi connectivity index (χ4n) is 4.38. The fraction of sp³-hybridized carbons (Fsp3) is 0.161. The Morgan fingerprint density at radius 3 is 2.07 bits per heavy atom. The van der Waals surface area contributed by atoms with E-state index < -0.39 is 47.1 Å². The first-order valence-electron chi connectivity index (χ1n) is 12.4. The van der Waals surface area contributed by atoms with Crippen molar-refractivity contribution < 1.29 is 45.8 Å². The maximum absolute atomic E-state index is 13.4. The van der Waals surface area contributed by atoms with E-state index in [1.807, 2.05) is 0 Å². The summed E-state index contributed by atoms with van der Waals surface area (Å²) in [6, 6.07) is 17.9. The second kappa shape index (κ2) is 12.0. The van der Waals surface area contributed by atoms with Crippen molar-refractivity contribution in [1.82, 2.24) is 5.32 Å². The average Bonchev–Trinajstić information content (AvgIpc) is 2.96. The van der Waals surface area contributed by atoms with Gasteiger partial charge in [0, 0.05) is 6.42 Å². The second-order valence-corrected chi connectivity index (χ2v) is 9.30. The predicted molar refractivity (Wildman–Crippen MR) is 142 cm³/mol. The summed E-state index contributed by atoms with van der Waals surface area (Å²) in [5, 5.41) is 12.8. The summed E-state index contributed by atoms with van der Waals surface area (Å²) in [5.74, 6) is -2.20. The molecule has 0 aliphatic carbocycles. The van der Waals surface area contributed by atoms with Gasteiger partial charge in [-0.2, -0.15) is 26.3 Å². The van der Waals surface area contributed by atoms with Crippen molar-refractivity contribution in [2.45, 2.75) is 24.8 Å². The van der Waals surface area contributed by atoms with Crippen molar-refractivity contribution in [3.63, 3.8) is 0 Å². The number of methoxy groups -OCH3 is 1. The van der Waals surface area contributed by atoms with Gasteiger partial charge in [-0.3, -0.25) is 4.79 Å². The van der Waals surface area contributed by atoms with Gasteiger partial charge in [0.1, 0.15) is 11.8 Å². The van der Waals surface area contributed by atoms with Crippen molar-refractivity contribution in [3.8, 4) is 28.0 Å². The van der Waals surface area contributed by atoms with Crippen LogP contribution in [0.3, 0.4) is 0 Å². The number of halogens is 6. The van der Waals surface area contributed by atoms with Crippen molar-refractivity contribution in [2.24, 2.45) is 0 Å². The highest BCUT2D eigenvalue weighted by molar-refractivity contribution is 6.00. The highest BCUT2D eigenvalue weighted by atomic mass is 19.4. The summed E-state index contributed by atoms with van der Waals surface area (Å²) in [5.41, 5.74) is -0.864. The highest BCUT2D eigenvalue weighted by Gasteiger charge is 2.33. The van der Waals surface area contributed by atoms with Crippen LogP contribution < -0.4 is 5.32 Å². The minimum Gasteiger partial charge on any atom is -0.507 e. The van der Waals surface area contributed by atoms with Crippen LogP contribution in [-0.2, 0) is 28.3 Å². The molecule has 0 heterocycles. The molecule has 0 radical (unpaired) electrons. The molecule has 2 N–H and O–H groups in total. The van der Waals surface area contributed by atoms with Crippen LogP contribution in [0.2, 0.25) is 0 Å². The predicted octanol–water partition coefficient (Wildman–Crippen LogP) is 7.28. The maximum Gasteiger partial charge on any atom is 0.417 e. The molecule has 4 rings (SSSR count). The molecule has 11 heteroatoms. The Morgan fingerprint density at radius 2 is 1.43 bits per heavy atom. The monoisotopic (exact) mass is 587 g/mol. The summed E-state index contributed by atoms with van der Waals surface area (Å²) in [7, 11) is 1.10. The van der Waals surface area contributed by atoms with Crippen molar-refractivity contribution in [1.29, 1.82) is 0 Å². The molecule has 1 atom stereocenters. The first-order chi connectivity index (χ1) is 19.8. The Labute approximate surface area is 236 Å². The van der Waals surface area contributed by atoms with E-state index in [0.717, 1.165) is 31.4 Å². The third-order valence-corrected chi connectivity index (χ3v) is 6.49. The van der Waals surface area contributed by atoms with Crippen LogP contribution in [0.4, 0.5) is 26.3 Å². The average molecular weight is 588 g/mol. The largest absolute Gasteiger partial charge is 0.507 e. The number of amides is 1. The van der Waals surface area contributed by atoms with E-state index in [1.165, 1.54) is 66.7 Å². The Bertz CT molecular complexity index is 1600. The van der Waals surface area contributed by atoms with Crippen molar-refractivity contribution in [3.05, 3.63) is 113 Å². The summed E-state index contributed by atoms with van der Waals surface area (Å²) in [4.78, 5) is 25.6. The fourth-order valence-corrected chi connectivity index (χ4v) is 4.38. The zero-order valence-electron chi connectivity index (χ0n) is 21.9. The van der Waals surface area contributed by atoms with Gasteiger partial charge in [0.2, 0.25) is 0 Å². The Hall–Kier alpha value is -4.80. The Kier molecular flexibility index (Phi) is 8.60. The molecule has 0 aromatic heterocycles. The molecule has 0 fully saturated rings. The summed E-state index contributed by atoms with van der Waals surface area (Å²) in [6.07, 6.45) is -9.24. The first-order valence-corrected chi connectivity index (χ1v) is 12.4. The van der Waals surface area contributed by atoms with E-state index in [9.17, 15) is 41.0 Å². The van der Waals surface area contributed by atoms with Gasteiger partial charge in [0.25, 0.3) is 5.91 Å². The molecule has 42 heavy (non-hydrogen) atoms. The van der Waals surface area contributed by atoms with Crippen LogP contribution in [0.1, 0.15) is 27.0 Å². The summed E-state index contributed by atoms with van der Waals surface area (Å²) < 4.78 is 84.6. The van der Waals surface area contributed by atoms with Crippen LogP contribution >= 0.6 is 0 Å². The van der Waals surface area contributed by atoms with E-state index >= 15 is 0 Å². The minimum absolute atomic E-state index is 0.0227. The van der Waals surface area contributed by atoms with E-state index in [1.54, 1.807) is 0 Å². The van der Waals surface area contributed by atoms with Gasteiger partial charge in [0.15, 0.2) is 0 Å². The lowest BCUT2D eigenvalue weighted by molar-refractivity contribution is -0.143. The number of hydrogen-bond donors (Lipinski definition) is 2. The number of alkyl halides is 6. The summed E-state index contributed by atoms with van der Waals surface area (Å²) >= 11 is 0. The minimum atomic E-state index is -4.58. The molecule has 0 saturated carbocycles. The number of phenols is 1. The molecule has 4 aromatic carbocycles. The van der Waals surface area contributed by atoms with E-state index in [-0.39, 0.29) is 28.7 Å². The number of carbonyl (C=O) groups is 2. The molecule has 0 bridgehead atoms. The van der Waals surface area contributed by atoms with Crippen molar-refractivity contribution >= 4 is 11.9 Å². The molecule has 4 aromatic rings. The first kappa shape index (κ1) is 30.2. The van der Waals surface area contributed by atoms with Gasteiger partial charge < -0.3 is 15.2 Å². The Morgan fingerprint density at radius 1 is 0.786 bits per heavy atom. The van der Waals surface area contributed by atoms with Crippen LogP contribution in [0.15, 0.2) is 91.0 Å². The molecule has 218 valence electrons. The molecule has 0 spiro atoms. The van der Waals surface area contributed by atoms with Gasteiger partial charge in [-0.15, -0.1) is 0 Å². The van der Waals surface area contributed by atoms with Crippen LogP contribution in [0.5, 0.6) is 5.75 Å². The lowest BCUT2D eigenvalue weighted by Gasteiger charge is -2.18. The number of aromatic hydroxyl groups is 1. The van der Waals surface area contributed by atoms with Gasteiger partial charge in [-0.1, -0.05) is 60.7 Å². The molecular formula is C31H23F6NO4. The molecule has 0 aliphatic heterocycles. The van der Waals surface area contributed by atoms with Crippen molar-refractivity contribution in [2.75, 3.05) is 7.11 Å². The van der Waals surface area contributed by atoms with Gasteiger partial charge >= 0.3 is 18.3 Å². The number of nitrogens with one attached hydrogen (secondary N) is 1. The molecule has 0 aliphatic rings. The van der Waals surface area contributed by atoms with E-state index in [2.05, 4.69) is 5.32 Å². The standard InChI is InChI=1S/C31H23F6NO4/c1-42-29(41)26(15-18-9-11-19(12-10-18)23-7-2-3-8-25(23)31(35,36)37)38-28(40)24-17-21(13-14-27(24)39)20-5-4-6-22(16-20)30(32,33)34/h2-14,16-17,26,39H,15H2,1H3,(H,38,40). The van der Waals surface area contributed by atoms with E-state index in [4.69, 9.17) is 4.74 Å². The quantitative estimate of drug-likeness (QED) is 0.176. The lowest BCUT2D eigenvalue weighted by atomic mass is 9.96. The Balaban J connectivity index is 1.56. The second-order valence-electron chi connectivity index (χ2n) is 9.30. The molecule has 5 nitrogen and oxygen atoms in total. The van der Waals surface area contributed by atoms with Gasteiger partial charge in [0.05, 0.1) is 23.8 Å². The normalized spacial score (nSPS) is 12.5. The lowest BCUT2D eigenvalue weighted by Crippen LogP contribution is -2.43. The number of carbonyl (C=O) groups excluding carboxylic acids is 2. The van der Waals surface area contributed by atoms with Gasteiger partial charge in [-0.05, 0) is 58.1 Å². The smallest absolute Gasteiger partial charge is 0.417 e. The van der Waals surface area contributed by atoms with E-state index in [0.29, 0.717) is 11.1 Å². The molecule has 0 saturated heterocycles.